The molecule has 1 aliphatic heterocycles. The highest BCUT2D eigenvalue weighted by Gasteiger charge is 2.28. The van der Waals surface area contributed by atoms with Gasteiger partial charge < -0.3 is 5.32 Å². The maximum atomic E-state index is 12.7. The Hall–Kier alpha value is -2.43. The number of urea groups is 1. The van der Waals surface area contributed by atoms with Gasteiger partial charge in [0.25, 0.3) is 0 Å². The van der Waals surface area contributed by atoms with Crippen LogP contribution in [0.1, 0.15) is 30.6 Å². The van der Waals surface area contributed by atoms with Gasteiger partial charge in [-0.25, -0.2) is 18.2 Å². The van der Waals surface area contributed by atoms with E-state index < -0.39 is 27.2 Å². The van der Waals surface area contributed by atoms with Crippen LogP contribution in [0.3, 0.4) is 0 Å². The monoisotopic (exact) mass is 448 g/mol. The van der Waals surface area contributed by atoms with Crippen molar-refractivity contribution in [3.63, 3.8) is 0 Å². The first kappa shape index (κ1) is 22.3. The first-order chi connectivity index (χ1) is 14.4. The first-order valence-corrected chi connectivity index (χ1v) is 12.0. The van der Waals surface area contributed by atoms with Crippen molar-refractivity contribution < 1.29 is 18.0 Å². The standard InChI is InChI=1S/C20H24N4O4S2/c1-2-21-20(26)23-19(25)18(15-8-4-3-5-9-15)29-17-11-10-16(14-22-17)30(27,28)24-12-6-7-13-24/h3-5,8-11,14,18H,2,6-7,12-13H2,1H3,(H2,21,23,25,26). The van der Waals surface area contributed by atoms with Crippen LogP contribution in [0.4, 0.5) is 4.79 Å². The number of hydrogen-bond donors (Lipinski definition) is 2. The lowest BCUT2D eigenvalue weighted by Gasteiger charge is -2.17. The van der Waals surface area contributed by atoms with Gasteiger partial charge in [0.15, 0.2) is 0 Å². The van der Waals surface area contributed by atoms with E-state index in [9.17, 15) is 18.0 Å². The van der Waals surface area contributed by atoms with E-state index in [1.165, 1.54) is 16.6 Å². The summed E-state index contributed by atoms with van der Waals surface area (Å²) in [7, 11) is -3.55. The van der Waals surface area contributed by atoms with E-state index in [0.717, 1.165) is 24.6 Å². The van der Waals surface area contributed by atoms with Crippen LogP contribution < -0.4 is 10.6 Å². The molecule has 30 heavy (non-hydrogen) atoms. The van der Waals surface area contributed by atoms with Crippen LogP contribution in [-0.2, 0) is 14.8 Å². The molecule has 3 rings (SSSR count). The molecule has 1 unspecified atom stereocenters. The summed E-state index contributed by atoms with van der Waals surface area (Å²) in [6.45, 7) is 3.20. The van der Waals surface area contributed by atoms with E-state index >= 15 is 0 Å². The molecule has 2 heterocycles. The summed E-state index contributed by atoms with van der Waals surface area (Å²) >= 11 is 1.15. The summed E-state index contributed by atoms with van der Waals surface area (Å²) in [6.07, 6.45) is 3.04. The van der Waals surface area contributed by atoms with Gasteiger partial charge in [0.1, 0.15) is 10.1 Å². The van der Waals surface area contributed by atoms with E-state index in [1.807, 2.05) is 6.07 Å². The molecule has 1 atom stereocenters. The number of nitrogens with zero attached hydrogens (tertiary/aromatic N) is 2. The number of amides is 3. The maximum absolute atomic E-state index is 12.7. The fourth-order valence-electron chi connectivity index (χ4n) is 3.07. The quantitative estimate of drug-likeness (QED) is 0.630. The predicted octanol–water partition coefficient (Wildman–Crippen LogP) is 2.55. The molecule has 0 aliphatic carbocycles. The number of pyridine rings is 1. The molecule has 3 amide bonds. The second kappa shape index (κ2) is 10.1. The molecule has 10 heteroatoms. The van der Waals surface area contributed by atoms with Crippen molar-refractivity contribution in [2.24, 2.45) is 0 Å². The van der Waals surface area contributed by atoms with Crippen LogP contribution in [0, 0.1) is 0 Å². The van der Waals surface area contributed by atoms with E-state index in [1.54, 1.807) is 37.3 Å². The zero-order valence-corrected chi connectivity index (χ0v) is 18.2. The van der Waals surface area contributed by atoms with Crippen LogP contribution in [0.5, 0.6) is 0 Å². The Morgan fingerprint density at radius 1 is 1.13 bits per heavy atom. The second-order valence-corrected chi connectivity index (χ2v) is 9.76. The van der Waals surface area contributed by atoms with Gasteiger partial charge in [0, 0.05) is 25.8 Å². The van der Waals surface area contributed by atoms with Gasteiger partial charge in [-0.3, -0.25) is 10.1 Å². The number of imide groups is 1. The van der Waals surface area contributed by atoms with Crippen LogP contribution >= 0.6 is 11.8 Å². The van der Waals surface area contributed by atoms with Crippen molar-refractivity contribution in [2.45, 2.75) is 34.9 Å². The van der Waals surface area contributed by atoms with Crippen molar-refractivity contribution >= 4 is 33.7 Å². The van der Waals surface area contributed by atoms with Crippen LogP contribution in [-0.4, -0.2) is 49.3 Å². The van der Waals surface area contributed by atoms with Gasteiger partial charge in [0.2, 0.25) is 15.9 Å². The number of thioether (sulfide) groups is 1. The lowest BCUT2D eigenvalue weighted by atomic mass is 10.1. The topological polar surface area (TPSA) is 108 Å². The molecule has 1 aliphatic rings. The molecule has 0 spiro atoms. The number of rotatable bonds is 7. The molecular weight excluding hydrogens is 424 g/mol. The molecule has 1 aromatic heterocycles. The molecule has 1 fully saturated rings. The minimum absolute atomic E-state index is 0.136. The summed E-state index contributed by atoms with van der Waals surface area (Å²) in [5.41, 5.74) is 0.708. The SMILES string of the molecule is CCNC(=O)NC(=O)C(Sc1ccc(S(=O)(=O)N2CCCC2)cn1)c1ccccc1. The Balaban J connectivity index is 1.79. The lowest BCUT2D eigenvalue weighted by Crippen LogP contribution is -2.41. The van der Waals surface area contributed by atoms with Gasteiger partial charge in [-0.15, -0.1) is 0 Å². The number of aromatic nitrogens is 1. The Morgan fingerprint density at radius 3 is 2.43 bits per heavy atom. The molecule has 1 saturated heterocycles. The third kappa shape index (κ3) is 5.38. The fraction of sp³-hybridized carbons (Fsp3) is 0.350. The van der Waals surface area contributed by atoms with Crippen LogP contribution in [0.25, 0.3) is 0 Å². The summed E-state index contributed by atoms with van der Waals surface area (Å²) < 4.78 is 26.8. The maximum Gasteiger partial charge on any atom is 0.321 e. The minimum Gasteiger partial charge on any atom is -0.338 e. The second-order valence-electron chi connectivity index (χ2n) is 6.70. The molecule has 2 aromatic rings. The molecule has 8 nitrogen and oxygen atoms in total. The van der Waals surface area contributed by atoms with Gasteiger partial charge >= 0.3 is 6.03 Å². The van der Waals surface area contributed by atoms with Crippen molar-refractivity contribution in [3.8, 4) is 0 Å². The van der Waals surface area contributed by atoms with Crippen LogP contribution in [0.15, 0.2) is 58.6 Å². The Kier molecular flexibility index (Phi) is 7.46. The Morgan fingerprint density at radius 2 is 1.83 bits per heavy atom. The molecule has 0 bridgehead atoms. The minimum atomic E-state index is -3.55. The number of nitrogens with one attached hydrogen (secondary N) is 2. The summed E-state index contributed by atoms with van der Waals surface area (Å²) in [5.74, 6) is -0.479. The largest absolute Gasteiger partial charge is 0.338 e. The van der Waals surface area contributed by atoms with Crippen molar-refractivity contribution in [1.82, 2.24) is 19.9 Å². The van der Waals surface area contributed by atoms with E-state index in [0.29, 0.717) is 30.2 Å². The summed E-state index contributed by atoms with van der Waals surface area (Å²) in [5, 5.41) is 4.62. The lowest BCUT2D eigenvalue weighted by molar-refractivity contribution is -0.119. The highest BCUT2D eigenvalue weighted by atomic mass is 32.2. The molecule has 1 aromatic carbocycles. The number of carbonyl (C=O) groups is 2. The normalized spacial score (nSPS) is 15.5. The number of sulfonamides is 1. The van der Waals surface area contributed by atoms with Crippen molar-refractivity contribution in [3.05, 3.63) is 54.2 Å². The highest BCUT2D eigenvalue weighted by molar-refractivity contribution is 8.00. The molecule has 2 N–H and O–H groups in total. The Bertz CT molecular complexity index is 976. The highest BCUT2D eigenvalue weighted by Crippen LogP contribution is 2.35. The van der Waals surface area contributed by atoms with Gasteiger partial charge in [0.05, 0.1) is 5.03 Å². The fourth-order valence-corrected chi connectivity index (χ4v) is 5.49. The predicted molar refractivity (Wildman–Crippen MR) is 114 cm³/mol. The molecular formula is C20H24N4O4S2. The number of carbonyl (C=O) groups excluding carboxylic acids is 2. The van der Waals surface area contributed by atoms with E-state index in [4.69, 9.17) is 0 Å². The van der Waals surface area contributed by atoms with E-state index in [-0.39, 0.29) is 4.90 Å². The average Bonchev–Trinajstić information content (AvgIpc) is 3.29. The van der Waals surface area contributed by atoms with Crippen molar-refractivity contribution in [2.75, 3.05) is 19.6 Å². The zero-order chi connectivity index (χ0) is 21.6. The first-order valence-electron chi connectivity index (χ1n) is 9.68. The van der Waals surface area contributed by atoms with Crippen molar-refractivity contribution in [1.29, 1.82) is 0 Å². The van der Waals surface area contributed by atoms with E-state index in [2.05, 4.69) is 15.6 Å². The molecule has 0 radical (unpaired) electrons. The summed E-state index contributed by atoms with van der Waals surface area (Å²) in [4.78, 5) is 28.9. The smallest absolute Gasteiger partial charge is 0.321 e. The third-order valence-electron chi connectivity index (χ3n) is 4.57. The number of hydrogen-bond acceptors (Lipinski definition) is 6. The van der Waals surface area contributed by atoms with Gasteiger partial charge in [-0.05, 0) is 37.5 Å². The van der Waals surface area contributed by atoms with Crippen LogP contribution in [0.2, 0.25) is 0 Å². The molecule has 160 valence electrons. The zero-order valence-electron chi connectivity index (χ0n) is 16.6. The average molecular weight is 449 g/mol. The number of benzene rings is 1. The third-order valence-corrected chi connectivity index (χ3v) is 7.65. The summed E-state index contributed by atoms with van der Waals surface area (Å²) in [6, 6.07) is 11.6. The van der Waals surface area contributed by atoms with Gasteiger partial charge in [-0.2, -0.15) is 4.31 Å². The molecule has 0 saturated carbocycles. The van der Waals surface area contributed by atoms with Gasteiger partial charge in [-0.1, -0.05) is 42.1 Å². The Labute approximate surface area is 180 Å².